The number of nitrogens with zero attached hydrogens (tertiary/aromatic N) is 5. The smallest absolute Gasteiger partial charge is 0.246 e. The van der Waals surface area contributed by atoms with E-state index in [-0.39, 0.29) is 7.11 Å². The van der Waals surface area contributed by atoms with E-state index in [9.17, 15) is 8.78 Å². The van der Waals surface area contributed by atoms with Crippen molar-refractivity contribution >= 4 is 17.3 Å². The number of anilines is 3. The summed E-state index contributed by atoms with van der Waals surface area (Å²) in [7, 11) is 0. The summed E-state index contributed by atoms with van der Waals surface area (Å²) in [6.45, 7) is 6.63. The lowest BCUT2D eigenvalue weighted by atomic mass is 10.0. The zero-order valence-corrected chi connectivity index (χ0v) is 17.6. The van der Waals surface area contributed by atoms with E-state index in [2.05, 4.69) is 44.3 Å². The van der Waals surface area contributed by atoms with Gasteiger partial charge in [0.1, 0.15) is 18.0 Å². The van der Waals surface area contributed by atoms with Crippen molar-refractivity contribution in [2.75, 3.05) is 36.4 Å². The summed E-state index contributed by atoms with van der Waals surface area (Å²) in [5.41, 5.74) is 3.50. The molecule has 6 nitrogen and oxygen atoms in total. The maximum Gasteiger partial charge on any atom is 0.246 e. The predicted molar refractivity (Wildman–Crippen MR) is 119 cm³/mol. The van der Waals surface area contributed by atoms with Gasteiger partial charge in [-0.3, -0.25) is 4.90 Å². The summed E-state index contributed by atoms with van der Waals surface area (Å²) >= 11 is 0. The third kappa shape index (κ3) is 4.39. The van der Waals surface area contributed by atoms with Crippen LogP contribution in [0.5, 0.6) is 0 Å². The highest BCUT2D eigenvalue weighted by molar-refractivity contribution is 5.65. The number of rotatable bonds is 5. The van der Waals surface area contributed by atoms with Crippen molar-refractivity contribution in [1.82, 2.24) is 19.7 Å². The second kappa shape index (κ2) is 8.26. The van der Waals surface area contributed by atoms with Crippen LogP contribution in [0.3, 0.4) is 0 Å². The van der Waals surface area contributed by atoms with Crippen molar-refractivity contribution in [3.63, 3.8) is 0 Å². The first-order valence-corrected chi connectivity index (χ1v) is 10.8. The summed E-state index contributed by atoms with van der Waals surface area (Å²) in [5, 5.41) is 7.52. The fourth-order valence-corrected chi connectivity index (χ4v) is 4.44. The molecule has 1 aromatic heterocycles. The normalized spacial score (nSPS) is 17.6. The van der Waals surface area contributed by atoms with Crippen molar-refractivity contribution < 1.29 is 10.2 Å². The van der Waals surface area contributed by atoms with E-state index in [1.807, 2.05) is 6.07 Å². The summed E-state index contributed by atoms with van der Waals surface area (Å²) in [4.78, 5) is 9.26. The second-order valence-electron chi connectivity index (χ2n) is 8.48. The predicted octanol–water partition coefficient (Wildman–Crippen LogP) is 4.52. The molecule has 0 amide bonds. The number of halogens is 2. The van der Waals surface area contributed by atoms with Crippen molar-refractivity contribution in [2.45, 2.75) is 32.2 Å². The molecule has 164 valence electrons. The van der Waals surface area contributed by atoms with Gasteiger partial charge in [-0.2, -0.15) is 4.98 Å². The van der Waals surface area contributed by atoms with Gasteiger partial charge in [-0.05, 0) is 68.8 Å². The Morgan fingerprint density at radius 2 is 1.68 bits per heavy atom. The number of nitrogens with one attached hydrogen (secondary N) is 1. The Balaban J connectivity index is 0.00000245. The molecule has 2 aliphatic rings. The van der Waals surface area contributed by atoms with Crippen LogP contribution in [0.15, 0.2) is 42.7 Å². The first-order chi connectivity index (χ1) is 15.0. The second-order valence-corrected chi connectivity index (χ2v) is 8.48. The maximum atomic E-state index is 13.5. The Morgan fingerprint density at radius 1 is 0.935 bits per heavy atom. The minimum atomic E-state index is -0.652. The van der Waals surface area contributed by atoms with E-state index in [0.29, 0.717) is 12.0 Å². The van der Waals surface area contributed by atoms with Crippen LogP contribution in [0.1, 0.15) is 26.3 Å². The van der Waals surface area contributed by atoms with E-state index in [4.69, 9.17) is 0 Å². The van der Waals surface area contributed by atoms with Gasteiger partial charge in [-0.1, -0.05) is 6.42 Å². The minimum absolute atomic E-state index is 0. The Hall–Kier alpha value is -3.00. The van der Waals surface area contributed by atoms with Crippen LogP contribution in [-0.4, -0.2) is 51.9 Å². The standard InChI is InChI=1S/C23H26F2N6.H2/c1-16-7-19(12-20(8-16)30-13-22(14-30)29-5-3-2-4-6-29)27-23-26-15-31(28-23)21-10-17(24)9-18(25)11-21;/h7-12,15,22H,2-6,13-14H2,1H3,(H,27,28);1H. The number of benzene rings is 2. The number of aromatic nitrogens is 3. The Kier molecular flexibility index (Phi) is 5.31. The van der Waals surface area contributed by atoms with E-state index >= 15 is 0 Å². The van der Waals surface area contributed by atoms with Gasteiger partial charge in [0.2, 0.25) is 5.95 Å². The number of hydrogen-bond donors (Lipinski definition) is 1. The molecule has 0 bridgehead atoms. The fraction of sp³-hybridized carbons (Fsp3) is 0.391. The van der Waals surface area contributed by atoms with Gasteiger partial charge in [0.05, 0.1) is 5.69 Å². The largest absolute Gasteiger partial charge is 0.368 e. The summed E-state index contributed by atoms with van der Waals surface area (Å²) in [5.74, 6) is -0.933. The van der Waals surface area contributed by atoms with E-state index in [1.54, 1.807) is 0 Å². The molecule has 5 rings (SSSR count). The zero-order valence-electron chi connectivity index (χ0n) is 17.6. The summed E-state index contributed by atoms with van der Waals surface area (Å²) < 4.78 is 28.3. The molecule has 0 spiro atoms. The lowest BCUT2D eigenvalue weighted by Gasteiger charge is -2.48. The molecule has 0 aliphatic carbocycles. The van der Waals surface area contributed by atoms with Gasteiger partial charge in [-0.15, -0.1) is 5.10 Å². The monoisotopic (exact) mass is 426 g/mol. The van der Waals surface area contributed by atoms with Gasteiger partial charge < -0.3 is 10.2 Å². The average Bonchev–Trinajstić information content (AvgIpc) is 3.15. The molecule has 0 radical (unpaired) electrons. The topological polar surface area (TPSA) is 49.2 Å². The number of likely N-dealkylation sites (tertiary alicyclic amines) is 1. The molecule has 31 heavy (non-hydrogen) atoms. The Labute approximate surface area is 182 Å². The van der Waals surface area contributed by atoms with Crippen LogP contribution < -0.4 is 10.2 Å². The van der Waals surface area contributed by atoms with Gasteiger partial charge in [0, 0.05) is 38.0 Å². The van der Waals surface area contributed by atoms with Gasteiger partial charge in [-0.25, -0.2) is 13.5 Å². The maximum absolute atomic E-state index is 13.5. The lowest BCUT2D eigenvalue weighted by Crippen LogP contribution is -2.60. The van der Waals surface area contributed by atoms with E-state index in [0.717, 1.165) is 30.4 Å². The quantitative estimate of drug-likeness (QED) is 0.650. The molecule has 0 atom stereocenters. The Morgan fingerprint density at radius 3 is 2.42 bits per heavy atom. The molecule has 2 aliphatic heterocycles. The van der Waals surface area contributed by atoms with Crippen LogP contribution in [-0.2, 0) is 0 Å². The highest BCUT2D eigenvalue weighted by Gasteiger charge is 2.32. The number of piperidine rings is 1. The third-order valence-corrected chi connectivity index (χ3v) is 6.06. The average molecular weight is 427 g/mol. The molecule has 1 N–H and O–H groups in total. The summed E-state index contributed by atoms with van der Waals surface area (Å²) in [6, 6.07) is 10.2. The van der Waals surface area contributed by atoms with E-state index < -0.39 is 11.6 Å². The van der Waals surface area contributed by atoms with Crippen LogP contribution >= 0.6 is 0 Å². The zero-order chi connectivity index (χ0) is 21.4. The first-order valence-electron chi connectivity index (χ1n) is 10.8. The minimum Gasteiger partial charge on any atom is -0.368 e. The van der Waals surface area contributed by atoms with Crippen molar-refractivity contribution in [1.29, 1.82) is 0 Å². The van der Waals surface area contributed by atoms with Crippen LogP contribution in [0, 0.1) is 18.6 Å². The molecule has 3 aromatic rings. The molecule has 2 fully saturated rings. The van der Waals surface area contributed by atoms with Crippen LogP contribution in [0.4, 0.5) is 26.1 Å². The Bertz CT molecular complexity index is 1060. The van der Waals surface area contributed by atoms with Crippen LogP contribution in [0.2, 0.25) is 0 Å². The molecule has 0 unspecified atom stereocenters. The fourth-order valence-electron chi connectivity index (χ4n) is 4.44. The SMILES string of the molecule is Cc1cc(Nc2ncn(-c3cc(F)cc(F)c3)n2)cc(N2CC(N3CCCCC3)C2)c1.[HH]. The molecule has 2 saturated heterocycles. The van der Waals surface area contributed by atoms with E-state index in [1.165, 1.54) is 61.2 Å². The van der Waals surface area contributed by atoms with Crippen molar-refractivity contribution in [3.05, 3.63) is 59.9 Å². The third-order valence-electron chi connectivity index (χ3n) is 6.06. The molecule has 3 heterocycles. The first kappa shape index (κ1) is 19.9. The van der Waals surface area contributed by atoms with Gasteiger partial charge >= 0.3 is 0 Å². The van der Waals surface area contributed by atoms with Crippen molar-refractivity contribution in [2.24, 2.45) is 0 Å². The van der Waals surface area contributed by atoms with Gasteiger partial charge in [0.15, 0.2) is 0 Å². The highest BCUT2D eigenvalue weighted by Crippen LogP contribution is 2.30. The lowest BCUT2D eigenvalue weighted by molar-refractivity contribution is 0.139. The summed E-state index contributed by atoms with van der Waals surface area (Å²) in [6.07, 6.45) is 5.43. The van der Waals surface area contributed by atoms with Crippen LogP contribution in [0.25, 0.3) is 5.69 Å². The molecule has 2 aromatic carbocycles. The number of hydrogen-bond acceptors (Lipinski definition) is 5. The molecular weight excluding hydrogens is 398 g/mol. The number of aryl methyl sites for hydroxylation is 1. The van der Waals surface area contributed by atoms with Crippen molar-refractivity contribution in [3.8, 4) is 5.69 Å². The van der Waals surface area contributed by atoms with Gasteiger partial charge in [0.25, 0.3) is 0 Å². The molecule has 8 heteroatoms. The molecular formula is C23H28F2N6. The molecule has 0 saturated carbocycles. The highest BCUT2D eigenvalue weighted by atomic mass is 19.1.